The number of hydrogen-bond donors (Lipinski definition) is 2. The van der Waals surface area contributed by atoms with E-state index in [-0.39, 0.29) is 6.04 Å². The molecule has 2 N–H and O–H groups in total. The summed E-state index contributed by atoms with van der Waals surface area (Å²) in [6, 6.07) is 5.86. The average molecular weight is 231 g/mol. The lowest BCUT2D eigenvalue weighted by Crippen LogP contribution is -2.20. The van der Waals surface area contributed by atoms with Gasteiger partial charge >= 0.3 is 0 Å². The number of rotatable bonds is 6. The van der Waals surface area contributed by atoms with Crippen LogP contribution in [-0.2, 0) is 0 Å². The van der Waals surface area contributed by atoms with Crippen LogP contribution < -0.4 is 5.32 Å². The van der Waals surface area contributed by atoms with E-state index < -0.39 is 0 Å². The van der Waals surface area contributed by atoms with Gasteiger partial charge < -0.3 is 10.4 Å². The zero-order valence-electron chi connectivity index (χ0n) is 10.7. The first-order chi connectivity index (χ1) is 8.15. The fourth-order valence-corrected chi connectivity index (χ4v) is 1.80. The molecule has 1 atom stereocenters. The smallest absolute Gasteiger partial charge is 0.120 e. The van der Waals surface area contributed by atoms with E-state index in [1.165, 1.54) is 5.56 Å². The summed E-state index contributed by atoms with van der Waals surface area (Å²) in [5.74, 6) is 3.00. The summed E-state index contributed by atoms with van der Waals surface area (Å²) in [4.78, 5) is 0. The third-order valence-corrected chi connectivity index (χ3v) is 2.85. The molecule has 1 unspecified atom stereocenters. The Kier molecular flexibility index (Phi) is 5.59. The van der Waals surface area contributed by atoms with Crippen LogP contribution in [0.25, 0.3) is 0 Å². The van der Waals surface area contributed by atoms with E-state index in [9.17, 15) is 5.11 Å². The van der Waals surface area contributed by atoms with E-state index in [0.29, 0.717) is 5.75 Å². The standard InChI is InChI=1S/C15H21NO/c1-4-5-6-7-10-16-13(3)14-11-12(2)8-9-15(14)17/h1,8-9,11,13,16-17H,5-7,10H2,2-3H3. The molecule has 0 saturated carbocycles. The molecule has 0 aliphatic carbocycles. The second-order valence-electron chi connectivity index (χ2n) is 4.40. The predicted molar refractivity (Wildman–Crippen MR) is 71.9 cm³/mol. The number of hydrogen-bond acceptors (Lipinski definition) is 2. The molecule has 0 heterocycles. The molecule has 0 saturated heterocycles. The fourth-order valence-electron chi connectivity index (χ4n) is 1.80. The lowest BCUT2D eigenvalue weighted by atomic mass is 10.0. The number of aryl methyl sites for hydroxylation is 1. The first-order valence-corrected chi connectivity index (χ1v) is 6.11. The topological polar surface area (TPSA) is 32.3 Å². The largest absolute Gasteiger partial charge is 0.508 e. The van der Waals surface area contributed by atoms with Gasteiger partial charge in [-0.25, -0.2) is 0 Å². The van der Waals surface area contributed by atoms with E-state index in [1.54, 1.807) is 6.07 Å². The van der Waals surface area contributed by atoms with Crippen molar-refractivity contribution >= 4 is 0 Å². The van der Waals surface area contributed by atoms with E-state index in [2.05, 4.69) is 18.2 Å². The Morgan fingerprint density at radius 1 is 1.41 bits per heavy atom. The van der Waals surface area contributed by atoms with Crippen molar-refractivity contribution in [3.8, 4) is 18.1 Å². The van der Waals surface area contributed by atoms with Gasteiger partial charge in [0.2, 0.25) is 0 Å². The van der Waals surface area contributed by atoms with Crippen LogP contribution in [0.2, 0.25) is 0 Å². The lowest BCUT2D eigenvalue weighted by Gasteiger charge is -2.16. The van der Waals surface area contributed by atoms with Crippen molar-refractivity contribution in [3.63, 3.8) is 0 Å². The van der Waals surface area contributed by atoms with Crippen molar-refractivity contribution in [2.24, 2.45) is 0 Å². The van der Waals surface area contributed by atoms with Gasteiger partial charge in [-0.05, 0) is 39.3 Å². The van der Waals surface area contributed by atoms with Crippen LogP contribution in [-0.4, -0.2) is 11.7 Å². The quantitative estimate of drug-likeness (QED) is 0.582. The van der Waals surface area contributed by atoms with Gasteiger partial charge in [-0.2, -0.15) is 0 Å². The maximum absolute atomic E-state index is 9.78. The van der Waals surface area contributed by atoms with Crippen LogP contribution >= 0.6 is 0 Å². The van der Waals surface area contributed by atoms with Crippen molar-refractivity contribution < 1.29 is 5.11 Å². The SMILES string of the molecule is C#CCCCCNC(C)c1cc(C)ccc1O. The molecular formula is C15H21NO. The Balaban J connectivity index is 2.44. The molecule has 0 aliphatic heterocycles. The molecular weight excluding hydrogens is 210 g/mol. The molecule has 92 valence electrons. The number of benzene rings is 1. The second-order valence-corrected chi connectivity index (χ2v) is 4.40. The van der Waals surface area contributed by atoms with E-state index >= 15 is 0 Å². The highest BCUT2D eigenvalue weighted by molar-refractivity contribution is 5.37. The molecule has 1 aromatic rings. The van der Waals surface area contributed by atoms with Crippen LogP contribution in [0.1, 0.15) is 43.4 Å². The summed E-state index contributed by atoms with van der Waals surface area (Å²) in [6.45, 7) is 5.02. The zero-order chi connectivity index (χ0) is 12.7. The molecule has 17 heavy (non-hydrogen) atoms. The van der Waals surface area contributed by atoms with Gasteiger partial charge in [0.1, 0.15) is 5.75 Å². The van der Waals surface area contributed by atoms with Gasteiger partial charge in [-0.15, -0.1) is 12.3 Å². The first-order valence-electron chi connectivity index (χ1n) is 6.11. The minimum absolute atomic E-state index is 0.167. The van der Waals surface area contributed by atoms with Gasteiger partial charge in [-0.3, -0.25) is 0 Å². The second kappa shape index (κ2) is 6.98. The number of nitrogens with one attached hydrogen (secondary N) is 1. The Labute approximate surface area is 104 Å². The molecule has 0 spiro atoms. The Bertz CT molecular complexity index is 392. The maximum Gasteiger partial charge on any atom is 0.120 e. The maximum atomic E-state index is 9.78. The molecule has 2 nitrogen and oxygen atoms in total. The van der Waals surface area contributed by atoms with Crippen LogP contribution in [0.3, 0.4) is 0 Å². The van der Waals surface area contributed by atoms with Crippen LogP contribution in [0.15, 0.2) is 18.2 Å². The zero-order valence-corrected chi connectivity index (χ0v) is 10.7. The Morgan fingerprint density at radius 2 is 2.18 bits per heavy atom. The molecule has 0 amide bonds. The summed E-state index contributed by atoms with van der Waals surface area (Å²) >= 11 is 0. The first kappa shape index (κ1) is 13.6. The van der Waals surface area contributed by atoms with E-state index in [0.717, 1.165) is 31.4 Å². The summed E-state index contributed by atoms with van der Waals surface area (Å²) in [7, 11) is 0. The highest BCUT2D eigenvalue weighted by atomic mass is 16.3. The lowest BCUT2D eigenvalue weighted by molar-refractivity contribution is 0.451. The van der Waals surface area contributed by atoms with Gasteiger partial charge in [0.15, 0.2) is 0 Å². The van der Waals surface area contributed by atoms with Gasteiger partial charge in [-0.1, -0.05) is 17.7 Å². The minimum Gasteiger partial charge on any atom is -0.508 e. The molecule has 2 heteroatoms. The Morgan fingerprint density at radius 3 is 2.88 bits per heavy atom. The van der Waals surface area contributed by atoms with E-state index in [1.807, 2.05) is 19.1 Å². The molecule has 0 fully saturated rings. The molecule has 0 radical (unpaired) electrons. The van der Waals surface area contributed by atoms with Gasteiger partial charge in [0, 0.05) is 18.0 Å². The van der Waals surface area contributed by atoms with Crippen LogP contribution in [0.4, 0.5) is 0 Å². The summed E-state index contributed by atoms with van der Waals surface area (Å²) in [6.07, 6.45) is 8.16. The van der Waals surface area contributed by atoms with E-state index in [4.69, 9.17) is 6.42 Å². The Hall–Kier alpha value is -1.46. The molecule has 0 aromatic heterocycles. The normalized spacial score (nSPS) is 12.1. The van der Waals surface area contributed by atoms with Gasteiger partial charge in [0.05, 0.1) is 0 Å². The monoisotopic (exact) mass is 231 g/mol. The van der Waals surface area contributed by atoms with Crippen molar-refractivity contribution in [1.29, 1.82) is 0 Å². The van der Waals surface area contributed by atoms with Crippen molar-refractivity contribution in [2.75, 3.05) is 6.54 Å². The number of phenolic OH excluding ortho intramolecular Hbond substituents is 1. The highest BCUT2D eigenvalue weighted by Gasteiger charge is 2.09. The fraction of sp³-hybridized carbons (Fsp3) is 0.467. The number of unbranched alkanes of at least 4 members (excludes halogenated alkanes) is 2. The van der Waals surface area contributed by atoms with Crippen LogP contribution in [0, 0.1) is 19.3 Å². The molecule has 0 aliphatic rings. The third-order valence-electron chi connectivity index (χ3n) is 2.85. The van der Waals surface area contributed by atoms with Crippen molar-refractivity contribution in [1.82, 2.24) is 5.32 Å². The average Bonchev–Trinajstić information content (AvgIpc) is 2.32. The third kappa shape index (κ3) is 4.50. The van der Waals surface area contributed by atoms with Crippen molar-refractivity contribution in [3.05, 3.63) is 29.3 Å². The number of terminal acetylenes is 1. The van der Waals surface area contributed by atoms with Crippen molar-refractivity contribution in [2.45, 2.75) is 39.2 Å². The molecule has 1 rings (SSSR count). The highest BCUT2D eigenvalue weighted by Crippen LogP contribution is 2.24. The number of phenols is 1. The van der Waals surface area contributed by atoms with Crippen LogP contribution in [0.5, 0.6) is 5.75 Å². The summed E-state index contributed by atoms with van der Waals surface area (Å²) < 4.78 is 0. The molecule has 1 aromatic carbocycles. The molecule has 0 bridgehead atoms. The summed E-state index contributed by atoms with van der Waals surface area (Å²) in [5.41, 5.74) is 2.13. The summed E-state index contributed by atoms with van der Waals surface area (Å²) in [5, 5.41) is 13.2. The minimum atomic E-state index is 0.167. The predicted octanol–water partition coefficient (Wildman–Crippen LogP) is 3.15. The number of aromatic hydroxyl groups is 1. The van der Waals surface area contributed by atoms with Gasteiger partial charge in [0.25, 0.3) is 0 Å².